The summed E-state index contributed by atoms with van der Waals surface area (Å²) in [4.78, 5) is 9.95. The van der Waals surface area contributed by atoms with Crippen LogP contribution in [0, 0.1) is 13.8 Å². The molecule has 0 unspecified atom stereocenters. The van der Waals surface area contributed by atoms with Gasteiger partial charge >= 0.3 is 0 Å². The van der Waals surface area contributed by atoms with Crippen molar-refractivity contribution in [3.05, 3.63) is 169 Å². The van der Waals surface area contributed by atoms with Crippen LogP contribution in [0.25, 0.3) is 88.0 Å². The van der Waals surface area contributed by atoms with E-state index in [0.29, 0.717) is 0 Å². The highest BCUT2D eigenvalue weighted by molar-refractivity contribution is 6.18. The highest BCUT2D eigenvalue weighted by Gasteiger charge is 2.20. The van der Waals surface area contributed by atoms with Crippen molar-refractivity contribution in [1.29, 1.82) is 0 Å². The summed E-state index contributed by atoms with van der Waals surface area (Å²) in [6.45, 7) is 4.20. The third kappa shape index (κ3) is 4.25. The molecule has 0 fully saturated rings. The van der Waals surface area contributed by atoms with Crippen LogP contribution in [0.1, 0.15) is 11.6 Å². The molecule has 8 aromatic carbocycles. The fourth-order valence-electron chi connectivity index (χ4n) is 8.05. The van der Waals surface area contributed by atoms with Gasteiger partial charge in [0.2, 0.25) is 0 Å². The summed E-state index contributed by atoms with van der Waals surface area (Å²) in [5, 5.41) is 7.20. The van der Waals surface area contributed by atoms with Gasteiger partial charge in [-0.1, -0.05) is 103 Å². The first kappa shape index (κ1) is 28.5. The molecular weight excluding hydrogens is 609 g/mol. The monoisotopic (exact) mass is 640 g/mol. The van der Waals surface area contributed by atoms with Crippen LogP contribution in [0.2, 0.25) is 0 Å². The van der Waals surface area contributed by atoms with Gasteiger partial charge in [0.15, 0.2) is 0 Å². The molecule has 0 bridgehead atoms. The number of aryl methyl sites for hydroxylation is 2. The van der Waals surface area contributed by atoms with Crippen molar-refractivity contribution in [3.63, 3.8) is 0 Å². The Bertz CT molecular complexity index is 2810. The van der Waals surface area contributed by atoms with Crippen LogP contribution < -0.4 is 0 Å². The summed E-state index contributed by atoms with van der Waals surface area (Å²) < 4.78 is 4.62. The lowest BCUT2D eigenvalue weighted by atomic mass is 9.87. The molecule has 2 aromatic heterocycles. The number of hydrogen-bond acceptors (Lipinski definition) is 2. The molecule has 10 aromatic rings. The van der Waals surface area contributed by atoms with E-state index in [1.807, 2.05) is 0 Å². The lowest BCUT2D eigenvalue weighted by molar-refractivity contribution is 1.01. The number of hydrogen-bond donors (Lipinski definition) is 0. The van der Waals surface area contributed by atoms with Crippen molar-refractivity contribution in [1.82, 2.24) is 19.1 Å². The fraction of sp³-hybridized carbons (Fsp3) is 0.0435. The van der Waals surface area contributed by atoms with Gasteiger partial charge in [0, 0.05) is 10.8 Å². The predicted molar refractivity (Wildman–Crippen MR) is 209 cm³/mol. The average Bonchev–Trinajstić information content (AvgIpc) is 3.68. The number of para-hydroxylation sites is 4. The summed E-state index contributed by atoms with van der Waals surface area (Å²) in [6.07, 6.45) is 0. The maximum atomic E-state index is 4.97. The van der Waals surface area contributed by atoms with Crippen molar-refractivity contribution in [2.45, 2.75) is 13.8 Å². The number of aromatic nitrogens is 4. The third-order valence-corrected chi connectivity index (χ3v) is 10.2. The van der Waals surface area contributed by atoms with E-state index in [-0.39, 0.29) is 0 Å². The van der Waals surface area contributed by atoms with Crippen molar-refractivity contribution < 1.29 is 0 Å². The maximum absolute atomic E-state index is 4.97. The van der Waals surface area contributed by atoms with E-state index < -0.39 is 0 Å². The number of imidazole rings is 2. The van der Waals surface area contributed by atoms with Gasteiger partial charge in [-0.05, 0) is 112 Å². The van der Waals surface area contributed by atoms with E-state index in [0.717, 1.165) is 45.1 Å². The normalized spacial score (nSPS) is 11.8. The summed E-state index contributed by atoms with van der Waals surface area (Å²) in [6, 6.07) is 56.9. The largest absolute Gasteiger partial charge is 0.296 e. The molecule has 0 aliphatic rings. The maximum Gasteiger partial charge on any atom is 0.111 e. The molecule has 0 aliphatic carbocycles. The molecule has 2 heterocycles. The number of fused-ring (bicyclic) bond motifs is 5. The highest BCUT2D eigenvalue weighted by atomic mass is 15.1. The zero-order valence-corrected chi connectivity index (χ0v) is 27.8. The van der Waals surface area contributed by atoms with Crippen LogP contribution in [0.15, 0.2) is 158 Å². The molecule has 50 heavy (non-hydrogen) atoms. The Kier molecular flexibility index (Phi) is 6.27. The van der Waals surface area contributed by atoms with Crippen LogP contribution in [-0.4, -0.2) is 19.1 Å². The SMILES string of the molecule is Cc1nc2ccccc2n1-c1cccc2c(-c3cc(-c4ccccc4)c4ccccc4c3)c3cccc(-n4c(C)nc5ccccc54)c3cc12. The molecule has 0 saturated carbocycles. The van der Waals surface area contributed by atoms with Gasteiger partial charge in [0.1, 0.15) is 11.6 Å². The van der Waals surface area contributed by atoms with Crippen LogP contribution in [0.3, 0.4) is 0 Å². The summed E-state index contributed by atoms with van der Waals surface area (Å²) >= 11 is 0. The van der Waals surface area contributed by atoms with Gasteiger partial charge in [-0.25, -0.2) is 9.97 Å². The lowest BCUT2D eigenvalue weighted by Crippen LogP contribution is -2.01. The van der Waals surface area contributed by atoms with E-state index in [4.69, 9.17) is 9.97 Å². The van der Waals surface area contributed by atoms with E-state index in [1.165, 1.54) is 54.6 Å². The molecule has 0 saturated heterocycles. The quantitative estimate of drug-likeness (QED) is 0.179. The molecule has 4 nitrogen and oxygen atoms in total. The van der Waals surface area contributed by atoms with Crippen molar-refractivity contribution >= 4 is 54.4 Å². The van der Waals surface area contributed by atoms with E-state index in [2.05, 4.69) is 181 Å². The second-order valence-corrected chi connectivity index (χ2v) is 13.1. The molecule has 0 radical (unpaired) electrons. The Morgan fingerprint density at radius 1 is 0.400 bits per heavy atom. The smallest absolute Gasteiger partial charge is 0.111 e. The van der Waals surface area contributed by atoms with Crippen LogP contribution in [0.5, 0.6) is 0 Å². The van der Waals surface area contributed by atoms with Gasteiger partial charge in [-0.15, -0.1) is 0 Å². The van der Waals surface area contributed by atoms with Gasteiger partial charge in [0.05, 0.1) is 33.4 Å². The summed E-state index contributed by atoms with van der Waals surface area (Å²) in [5.41, 5.74) is 11.2. The summed E-state index contributed by atoms with van der Waals surface area (Å²) in [7, 11) is 0. The first-order valence-electron chi connectivity index (χ1n) is 17.1. The minimum atomic E-state index is 0.960. The Morgan fingerprint density at radius 3 is 1.54 bits per heavy atom. The standard InChI is InChI=1S/C46H32N4/c1-29-47-40-20-8-10-22-44(40)49(29)42-24-12-18-35-38(42)28-39-36(19-13-25-43(39)50-30(2)48-41-21-9-11-23-45(41)50)46(35)33-26-32-16-6-7-17-34(32)37(27-33)31-14-4-3-5-15-31/h3-28H,1-2H3. The van der Waals surface area contributed by atoms with E-state index in [9.17, 15) is 0 Å². The van der Waals surface area contributed by atoms with Crippen LogP contribution >= 0.6 is 0 Å². The Hall–Kier alpha value is -6.52. The summed E-state index contributed by atoms with van der Waals surface area (Å²) in [5.74, 6) is 1.92. The van der Waals surface area contributed by atoms with Crippen molar-refractivity contribution in [3.8, 4) is 33.6 Å². The molecule has 0 atom stereocenters. The van der Waals surface area contributed by atoms with Crippen LogP contribution in [-0.2, 0) is 0 Å². The molecule has 0 amide bonds. The van der Waals surface area contributed by atoms with Gasteiger partial charge in [0.25, 0.3) is 0 Å². The first-order valence-corrected chi connectivity index (χ1v) is 17.1. The van der Waals surface area contributed by atoms with E-state index >= 15 is 0 Å². The minimum absolute atomic E-state index is 0.960. The van der Waals surface area contributed by atoms with E-state index in [1.54, 1.807) is 0 Å². The minimum Gasteiger partial charge on any atom is -0.296 e. The van der Waals surface area contributed by atoms with Crippen molar-refractivity contribution in [2.24, 2.45) is 0 Å². The number of benzene rings is 8. The average molecular weight is 641 g/mol. The molecule has 10 rings (SSSR count). The zero-order chi connectivity index (χ0) is 33.3. The lowest BCUT2D eigenvalue weighted by Gasteiger charge is -2.20. The fourth-order valence-corrected chi connectivity index (χ4v) is 8.05. The topological polar surface area (TPSA) is 35.6 Å². The second-order valence-electron chi connectivity index (χ2n) is 13.1. The molecule has 0 aliphatic heterocycles. The second kappa shape index (κ2) is 11.0. The Balaban J connectivity index is 1.38. The van der Waals surface area contributed by atoms with Crippen molar-refractivity contribution in [2.75, 3.05) is 0 Å². The van der Waals surface area contributed by atoms with Gasteiger partial charge < -0.3 is 0 Å². The Morgan fingerprint density at radius 2 is 0.920 bits per heavy atom. The Labute approximate surface area is 289 Å². The molecule has 4 heteroatoms. The zero-order valence-electron chi connectivity index (χ0n) is 27.8. The predicted octanol–water partition coefficient (Wildman–Crippen LogP) is 11.8. The number of rotatable bonds is 4. The first-order chi connectivity index (χ1) is 24.6. The molecule has 0 spiro atoms. The van der Waals surface area contributed by atoms with Gasteiger partial charge in [-0.2, -0.15) is 0 Å². The van der Waals surface area contributed by atoms with Crippen LogP contribution in [0.4, 0.5) is 0 Å². The third-order valence-electron chi connectivity index (χ3n) is 10.2. The highest BCUT2D eigenvalue weighted by Crippen LogP contribution is 2.44. The molecule has 0 N–H and O–H groups in total. The van der Waals surface area contributed by atoms with Gasteiger partial charge in [-0.3, -0.25) is 9.13 Å². The molecule has 236 valence electrons. The molecular formula is C46H32N4. The number of nitrogens with zero attached hydrogens (tertiary/aromatic N) is 4.